The molecule has 25 heavy (non-hydrogen) atoms. The van der Waals surface area contributed by atoms with Crippen LogP contribution < -0.4 is 10.6 Å². The zero-order chi connectivity index (χ0) is 18.6. The van der Waals surface area contributed by atoms with Gasteiger partial charge in [0.1, 0.15) is 6.10 Å². The number of methoxy groups -OCH3 is 1. The second-order valence-corrected chi connectivity index (χ2v) is 7.55. The summed E-state index contributed by atoms with van der Waals surface area (Å²) in [5.41, 5.74) is 3.61. The van der Waals surface area contributed by atoms with E-state index < -0.39 is 11.8 Å². The van der Waals surface area contributed by atoms with Crippen molar-refractivity contribution in [2.24, 2.45) is 0 Å². The molecule has 0 aliphatic heterocycles. The van der Waals surface area contributed by atoms with Crippen molar-refractivity contribution in [3.05, 3.63) is 50.2 Å². The molecular formula is C18H21ClN2O3S. The average molecular weight is 381 g/mol. The summed E-state index contributed by atoms with van der Waals surface area (Å²) in [5.74, 6) is -1.40. The summed E-state index contributed by atoms with van der Waals surface area (Å²) in [6, 6.07) is 7.53. The van der Waals surface area contributed by atoms with E-state index in [2.05, 4.69) is 10.6 Å². The van der Waals surface area contributed by atoms with Gasteiger partial charge in [0.2, 0.25) is 0 Å². The van der Waals surface area contributed by atoms with Gasteiger partial charge in [-0.2, -0.15) is 0 Å². The van der Waals surface area contributed by atoms with Crippen molar-refractivity contribution in [2.45, 2.75) is 26.9 Å². The molecule has 0 spiro atoms. The van der Waals surface area contributed by atoms with Gasteiger partial charge < -0.3 is 15.4 Å². The normalized spacial score (nSPS) is 11.9. The molecule has 7 heteroatoms. The van der Waals surface area contributed by atoms with E-state index in [1.54, 1.807) is 13.2 Å². The van der Waals surface area contributed by atoms with Gasteiger partial charge in [-0.1, -0.05) is 29.3 Å². The number of amides is 2. The number of ether oxygens (including phenoxy) is 1. The molecular weight excluding hydrogens is 360 g/mol. The van der Waals surface area contributed by atoms with Gasteiger partial charge in [-0.3, -0.25) is 9.59 Å². The number of carbonyl (C=O) groups excluding carboxylic acids is 2. The molecule has 0 saturated carbocycles. The number of halogens is 1. The van der Waals surface area contributed by atoms with Gasteiger partial charge in [0, 0.05) is 24.2 Å². The van der Waals surface area contributed by atoms with Gasteiger partial charge >= 0.3 is 11.8 Å². The van der Waals surface area contributed by atoms with E-state index in [0.29, 0.717) is 10.0 Å². The van der Waals surface area contributed by atoms with Gasteiger partial charge in [-0.25, -0.2) is 0 Å². The zero-order valence-corrected chi connectivity index (χ0v) is 16.2. The Bertz CT molecular complexity index is 765. The number of aryl methyl sites for hydroxylation is 3. The number of thiophene rings is 1. The van der Waals surface area contributed by atoms with Crippen LogP contribution in [0.4, 0.5) is 5.69 Å². The van der Waals surface area contributed by atoms with Crippen LogP contribution in [0.2, 0.25) is 4.34 Å². The quantitative estimate of drug-likeness (QED) is 0.776. The zero-order valence-electron chi connectivity index (χ0n) is 14.6. The lowest BCUT2D eigenvalue weighted by Gasteiger charge is -2.15. The Kier molecular flexibility index (Phi) is 6.58. The van der Waals surface area contributed by atoms with Crippen LogP contribution in [0.3, 0.4) is 0 Å². The van der Waals surface area contributed by atoms with E-state index in [9.17, 15) is 9.59 Å². The third kappa shape index (κ3) is 5.04. The fourth-order valence-corrected chi connectivity index (χ4v) is 3.75. The number of benzene rings is 1. The Morgan fingerprint density at radius 3 is 2.32 bits per heavy atom. The Labute approximate surface area is 156 Å². The van der Waals surface area contributed by atoms with Crippen molar-refractivity contribution >= 4 is 40.4 Å². The van der Waals surface area contributed by atoms with Crippen molar-refractivity contribution in [2.75, 3.05) is 19.0 Å². The van der Waals surface area contributed by atoms with Crippen molar-refractivity contribution in [1.29, 1.82) is 0 Å². The standard InChI is InChI=1S/C18H21ClN2O3S/c1-10-7-11(2)16(12(3)8-10)21-18(23)17(22)20-9-13(24-4)14-5-6-15(19)25-14/h5-8,13H,9H2,1-4H3,(H,20,22)(H,21,23). The molecule has 0 aliphatic rings. The van der Waals surface area contributed by atoms with E-state index in [4.69, 9.17) is 16.3 Å². The molecule has 2 amide bonds. The molecule has 1 aromatic carbocycles. The fraction of sp³-hybridized carbons (Fsp3) is 0.333. The van der Waals surface area contributed by atoms with Crippen LogP contribution in [-0.4, -0.2) is 25.5 Å². The van der Waals surface area contributed by atoms with Crippen LogP contribution in [0.15, 0.2) is 24.3 Å². The minimum Gasteiger partial charge on any atom is -0.374 e. The van der Waals surface area contributed by atoms with Crippen LogP contribution in [-0.2, 0) is 14.3 Å². The summed E-state index contributed by atoms with van der Waals surface area (Å²) in [4.78, 5) is 25.1. The third-order valence-electron chi connectivity index (χ3n) is 3.77. The minimum absolute atomic E-state index is 0.186. The van der Waals surface area contributed by atoms with Gasteiger partial charge in [0.05, 0.1) is 4.34 Å². The molecule has 134 valence electrons. The maximum atomic E-state index is 12.2. The Morgan fingerprint density at radius 1 is 1.16 bits per heavy atom. The predicted octanol–water partition coefficient (Wildman–Crippen LogP) is 3.77. The van der Waals surface area contributed by atoms with E-state index in [0.717, 1.165) is 21.6 Å². The molecule has 0 bridgehead atoms. The summed E-state index contributed by atoms with van der Waals surface area (Å²) < 4.78 is 6.00. The summed E-state index contributed by atoms with van der Waals surface area (Å²) in [6.07, 6.45) is -0.350. The van der Waals surface area contributed by atoms with Crippen LogP contribution in [0.5, 0.6) is 0 Å². The number of hydrogen-bond acceptors (Lipinski definition) is 4. The SMILES string of the molecule is COC(CNC(=O)C(=O)Nc1c(C)cc(C)cc1C)c1ccc(Cl)s1. The van der Waals surface area contributed by atoms with Crippen LogP contribution in [0.25, 0.3) is 0 Å². The highest BCUT2D eigenvalue weighted by atomic mass is 35.5. The molecule has 2 aromatic rings. The summed E-state index contributed by atoms with van der Waals surface area (Å²) >= 11 is 7.29. The van der Waals surface area contributed by atoms with Crippen LogP contribution in [0.1, 0.15) is 27.7 Å². The summed E-state index contributed by atoms with van der Waals surface area (Å²) in [7, 11) is 1.55. The van der Waals surface area contributed by atoms with Gasteiger partial charge in [0.15, 0.2) is 0 Å². The highest BCUT2D eigenvalue weighted by molar-refractivity contribution is 7.16. The molecule has 1 atom stereocenters. The lowest BCUT2D eigenvalue weighted by molar-refractivity contribution is -0.136. The first-order chi connectivity index (χ1) is 11.8. The largest absolute Gasteiger partial charge is 0.374 e. The fourth-order valence-electron chi connectivity index (χ4n) is 2.61. The number of hydrogen-bond donors (Lipinski definition) is 2. The molecule has 2 rings (SSSR count). The van der Waals surface area contributed by atoms with Crippen molar-refractivity contribution in [3.63, 3.8) is 0 Å². The van der Waals surface area contributed by atoms with Crippen molar-refractivity contribution < 1.29 is 14.3 Å². The molecule has 1 heterocycles. The first kappa shape index (κ1) is 19.4. The molecule has 0 radical (unpaired) electrons. The molecule has 0 aliphatic carbocycles. The molecule has 5 nitrogen and oxygen atoms in total. The Hall–Kier alpha value is -1.89. The minimum atomic E-state index is -0.705. The highest BCUT2D eigenvalue weighted by Gasteiger charge is 2.19. The van der Waals surface area contributed by atoms with Gasteiger partial charge in [0.25, 0.3) is 0 Å². The first-order valence-corrected chi connectivity index (χ1v) is 8.96. The summed E-state index contributed by atoms with van der Waals surface area (Å²) in [5, 5.41) is 5.28. The first-order valence-electron chi connectivity index (χ1n) is 7.77. The van der Waals surface area contributed by atoms with Crippen molar-refractivity contribution in [1.82, 2.24) is 5.32 Å². The Balaban J connectivity index is 1.97. The topological polar surface area (TPSA) is 67.4 Å². The number of rotatable bonds is 5. The highest BCUT2D eigenvalue weighted by Crippen LogP contribution is 2.28. The molecule has 1 unspecified atom stereocenters. The maximum absolute atomic E-state index is 12.2. The number of carbonyl (C=O) groups is 2. The smallest absolute Gasteiger partial charge is 0.313 e. The molecule has 1 aromatic heterocycles. The van der Waals surface area contributed by atoms with E-state index in [-0.39, 0.29) is 12.6 Å². The van der Waals surface area contributed by atoms with Crippen LogP contribution >= 0.6 is 22.9 Å². The molecule has 2 N–H and O–H groups in total. The van der Waals surface area contributed by atoms with E-state index in [1.165, 1.54) is 11.3 Å². The van der Waals surface area contributed by atoms with E-state index >= 15 is 0 Å². The average Bonchev–Trinajstić information content (AvgIpc) is 2.97. The maximum Gasteiger partial charge on any atom is 0.313 e. The summed E-state index contributed by atoms with van der Waals surface area (Å²) in [6.45, 7) is 5.97. The second-order valence-electron chi connectivity index (χ2n) is 5.80. The number of anilines is 1. The van der Waals surface area contributed by atoms with Gasteiger partial charge in [-0.15, -0.1) is 11.3 Å². The van der Waals surface area contributed by atoms with Crippen LogP contribution in [0, 0.1) is 20.8 Å². The number of nitrogens with one attached hydrogen (secondary N) is 2. The van der Waals surface area contributed by atoms with Gasteiger partial charge in [-0.05, 0) is 44.0 Å². The Morgan fingerprint density at radius 2 is 1.80 bits per heavy atom. The monoisotopic (exact) mass is 380 g/mol. The second kappa shape index (κ2) is 8.47. The molecule has 0 saturated heterocycles. The predicted molar refractivity (Wildman–Crippen MR) is 101 cm³/mol. The van der Waals surface area contributed by atoms with Crippen molar-refractivity contribution in [3.8, 4) is 0 Å². The van der Waals surface area contributed by atoms with E-state index in [1.807, 2.05) is 39.0 Å². The third-order valence-corrected chi connectivity index (χ3v) is 5.09. The molecule has 0 fully saturated rings. The lowest BCUT2D eigenvalue weighted by Crippen LogP contribution is -2.38. The lowest BCUT2D eigenvalue weighted by atomic mass is 10.1.